The number of hydrogen-bond donors (Lipinski definition) is 1. The van der Waals surface area contributed by atoms with Crippen LogP contribution in [0.15, 0.2) is 55.1 Å². The highest BCUT2D eigenvalue weighted by Crippen LogP contribution is 2.23. The van der Waals surface area contributed by atoms with Gasteiger partial charge in [-0.1, -0.05) is 12.1 Å². The molecule has 0 radical (unpaired) electrons. The van der Waals surface area contributed by atoms with E-state index in [0.29, 0.717) is 23.6 Å². The van der Waals surface area contributed by atoms with Crippen LogP contribution in [0.5, 0.6) is 5.75 Å². The molecule has 0 spiro atoms. The maximum Gasteiger partial charge on any atom is 0.259 e. The summed E-state index contributed by atoms with van der Waals surface area (Å²) in [4.78, 5) is 16.5. The molecule has 2 aromatic carbocycles. The third-order valence-electron chi connectivity index (χ3n) is 4.45. The summed E-state index contributed by atoms with van der Waals surface area (Å²) in [6.07, 6.45) is 4.74. The van der Waals surface area contributed by atoms with Gasteiger partial charge < -0.3 is 14.8 Å². The lowest BCUT2D eigenvalue weighted by atomic mass is 10.1. The van der Waals surface area contributed by atoms with Gasteiger partial charge in [-0.25, -0.2) is 14.1 Å². The molecule has 1 aliphatic rings. The first-order chi connectivity index (χ1) is 13.7. The Labute approximate surface area is 161 Å². The number of aromatic nitrogens is 3. The molecule has 8 heteroatoms. The van der Waals surface area contributed by atoms with Crippen LogP contribution in [-0.4, -0.2) is 40.0 Å². The zero-order valence-corrected chi connectivity index (χ0v) is 15.0. The quantitative estimate of drug-likeness (QED) is 0.708. The molecular weight excluding hydrogens is 363 g/mol. The minimum atomic E-state index is -0.522. The predicted octanol–water partition coefficient (Wildman–Crippen LogP) is 3.22. The summed E-state index contributed by atoms with van der Waals surface area (Å²) in [7, 11) is 0. The van der Waals surface area contributed by atoms with E-state index in [0.717, 1.165) is 19.4 Å². The predicted molar refractivity (Wildman–Crippen MR) is 100 cm³/mol. The SMILES string of the molecule is O=C(Nc1ccc(-n2cncn2)c(F)c1)c1ccccc1OCC1CCCO1. The summed E-state index contributed by atoms with van der Waals surface area (Å²) in [5.41, 5.74) is 0.956. The van der Waals surface area contributed by atoms with Crippen molar-refractivity contribution in [2.45, 2.75) is 18.9 Å². The van der Waals surface area contributed by atoms with Gasteiger partial charge in [0.05, 0.1) is 11.7 Å². The van der Waals surface area contributed by atoms with E-state index < -0.39 is 5.82 Å². The van der Waals surface area contributed by atoms with Gasteiger partial charge in [-0.3, -0.25) is 4.79 Å². The maximum atomic E-state index is 14.4. The number of para-hydroxylation sites is 1. The number of rotatable bonds is 6. The van der Waals surface area contributed by atoms with Gasteiger partial charge in [0, 0.05) is 12.3 Å². The Morgan fingerprint density at radius 3 is 2.96 bits per heavy atom. The second-order valence-corrected chi connectivity index (χ2v) is 6.40. The highest BCUT2D eigenvalue weighted by molar-refractivity contribution is 6.06. The Hall–Kier alpha value is -3.26. The molecule has 1 amide bonds. The van der Waals surface area contributed by atoms with Gasteiger partial charge in [0.1, 0.15) is 30.7 Å². The highest BCUT2D eigenvalue weighted by Gasteiger charge is 2.18. The van der Waals surface area contributed by atoms with Crippen molar-refractivity contribution in [1.29, 1.82) is 0 Å². The Bertz CT molecular complexity index is 956. The van der Waals surface area contributed by atoms with Crippen LogP contribution in [-0.2, 0) is 4.74 Å². The van der Waals surface area contributed by atoms with Gasteiger partial charge in [-0.05, 0) is 43.2 Å². The molecular formula is C20H19FN4O3. The highest BCUT2D eigenvalue weighted by atomic mass is 19.1. The molecule has 3 aromatic rings. The van der Waals surface area contributed by atoms with E-state index in [9.17, 15) is 9.18 Å². The van der Waals surface area contributed by atoms with E-state index in [1.165, 1.54) is 29.5 Å². The second kappa shape index (κ2) is 8.18. The standard InChI is InChI=1S/C20H19FN4O3/c21-17-10-14(7-8-18(17)25-13-22-12-23-25)24-20(26)16-5-1-2-6-19(16)28-11-15-4-3-9-27-15/h1-2,5-8,10,12-13,15H,3-4,9,11H2,(H,24,26). The number of amides is 1. The summed E-state index contributed by atoms with van der Waals surface area (Å²) in [6.45, 7) is 1.14. The topological polar surface area (TPSA) is 78.3 Å². The van der Waals surface area contributed by atoms with Gasteiger partial charge in [-0.2, -0.15) is 5.10 Å². The molecule has 2 heterocycles. The number of benzene rings is 2. The smallest absolute Gasteiger partial charge is 0.259 e. The van der Waals surface area contributed by atoms with E-state index in [1.807, 2.05) is 0 Å². The fourth-order valence-electron chi connectivity index (χ4n) is 3.04. The fourth-order valence-corrected chi connectivity index (χ4v) is 3.04. The van der Waals surface area contributed by atoms with E-state index in [4.69, 9.17) is 9.47 Å². The molecule has 4 rings (SSSR count). The van der Waals surface area contributed by atoms with Crippen molar-refractivity contribution in [2.24, 2.45) is 0 Å². The van der Waals surface area contributed by atoms with Crippen LogP contribution >= 0.6 is 0 Å². The van der Waals surface area contributed by atoms with Crippen LogP contribution in [0.3, 0.4) is 0 Å². The van der Waals surface area contributed by atoms with Crippen molar-refractivity contribution in [2.75, 3.05) is 18.5 Å². The second-order valence-electron chi connectivity index (χ2n) is 6.40. The van der Waals surface area contributed by atoms with Crippen molar-refractivity contribution in [3.63, 3.8) is 0 Å². The zero-order chi connectivity index (χ0) is 19.3. The van der Waals surface area contributed by atoms with Crippen molar-refractivity contribution < 1.29 is 18.7 Å². The van der Waals surface area contributed by atoms with Gasteiger partial charge in [0.15, 0.2) is 5.82 Å². The summed E-state index contributed by atoms with van der Waals surface area (Å²) in [5.74, 6) is -0.433. The number of nitrogens with one attached hydrogen (secondary N) is 1. The summed E-state index contributed by atoms with van der Waals surface area (Å²) in [5, 5.41) is 6.61. The zero-order valence-electron chi connectivity index (χ0n) is 15.0. The maximum absolute atomic E-state index is 14.4. The Morgan fingerprint density at radius 2 is 2.21 bits per heavy atom. The monoisotopic (exact) mass is 382 g/mol. The minimum Gasteiger partial charge on any atom is -0.490 e. The molecule has 1 atom stereocenters. The molecule has 28 heavy (non-hydrogen) atoms. The first-order valence-corrected chi connectivity index (χ1v) is 9.00. The number of hydrogen-bond acceptors (Lipinski definition) is 5. The normalized spacial score (nSPS) is 16.1. The molecule has 1 aromatic heterocycles. The number of halogens is 1. The van der Waals surface area contributed by atoms with Gasteiger partial charge in [0.2, 0.25) is 0 Å². The third-order valence-corrected chi connectivity index (χ3v) is 4.45. The van der Waals surface area contributed by atoms with Crippen LogP contribution in [0, 0.1) is 5.82 Å². The number of nitrogens with zero attached hydrogens (tertiary/aromatic N) is 3. The number of anilines is 1. The molecule has 7 nitrogen and oxygen atoms in total. The van der Waals surface area contributed by atoms with E-state index >= 15 is 0 Å². The van der Waals surface area contributed by atoms with E-state index in [-0.39, 0.29) is 17.7 Å². The lowest BCUT2D eigenvalue weighted by Gasteiger charge is -2.14. The number of carbonyl (C=O) groups excluding carboxylic acids is 1. The average Bonchev–Trinajstić information content (AvgIpc) is 3.41. The lowest BCUT2D eigenvalue weighted by Crippen LogP contribution is -2.19. The molecule has 1 fully saturated rings. The fraction of sp³-hybridized carbons (Fsp3) is 0.250. The third kappa shape index (κ3) is 4.01. The van der Waals surface area contributed by atoms with Crippen LogP contribution in [0.25, 0.3) is 5.69 Å². The Morgan fingerprint density at radius 1 is 1.32 bits per heavy atom. The lowest BCUT2D eigenvalue weighted by molar-refractivity contribution is 0.0673. The first-order valence-electron chi connectivity index (χ1n) is 9.00. The van der Waals surface area contributed by atoms with Crippen LogP contribution in [0.2, 0.25) is 0 Å². The van der Waals surface area contributed by atoms with Crippen molar-refractivity contribution in [3.8, 4) is 11.4 Å². The average molecular weight is 382 g/mol. The minimum absolute atomic E-state index is 0.0505. The number of ether oxygens (including phenoxy) is 2. The Balaban J connectivity index is 1.47. The van der Waals surface area contributed by atoms with Gasteiger partial charge in [-0.15, -0.1) is 0 Å². The summed E-state index contributed by atoms with van der Waals surface area (Å²) in [6, 6.07) is 11.3. The molecule has 1 N–H and O–H groups in total. The van der Waals surface area contributed by atoms with E-state index in [1.54, 1.807) is 30.3 Å². The van der Waals surface area contributed by atoms with Crippen molar-refractivity contribution in [3.05, 3.63) is 66.5 Å². The van der Waals surface area contributed by atoms with Crippen molar-refractivity contribution in [1.82, 2.24) is 14.8 Å². The molecule has 1 aliphatic heterocycles. The Kier molecular flexibility index (Phi) is 5.29. The number of carbonyl (C=O) groups is 1. The van der Waals surface area contributed by atoms with Crippen molar-refractivity contribution >= 4 is 11.6 Å². The molecule has 0 bridgehead atoms. The summed E-state index contributed by atoms with van der Waals surface area (Å²) >= 11 is 0. The van der Waals surface area contributed by atoms with Crippen LogP contribution in [0.4, 0.5) is 10.1 Å². The van der Waals surface area contributed by atoms with Crippen LogP contribution < -0.4 is 10.1 Å². The first kappa shape index (κ1) is 18.1. The molecule has 0 saturated carbocycles. The van der Waals surface area contributed by atoms with Gasteiger partial charge in [0.25, 0.3) is 5.91 Å². The van der Waals surface area contributed by atoms with Crippen LogP contribution in [0.1, 0.15) is 23.2 Å². The van der Waals surface area contributed by atoms with E-state index in [2.05, 4.69) is 15.4 Å². The summed E-state index contributed by atoms with van der Waals surface area (Å²) < 4.78 is 27.0. The molecule has 1 unspecified atom stereocenters. The molecule has 144 valence electrons. The van der Waals surface area contributed by atoms with Gasteiger partial charge >= 0.3 is 0 Å². The molecule has 0 aliphatic carbocycles. The largest absolute Gasteiger partial charge is 0.490 e. The molecule has 1 saturated heterocycles.